The van der Waals surface area contributed by atoms with Crippen LogP contribution in [0.25, 0.3) is 0 Å². The molecule has 1 unspecified atom stereocenters. The maximum atomic E-state index is 10.1. The summed E-state index contributed by atoms with van der Waals surface area (Å²) in [5.74, 6) is 1.34. The number of aliphatic hydroxyl groups is 1. The minimum absolute atomic E-state index is 0.491. The Balaban J connectivity index is 3.01. The number of hydrogen-bond donors (Lipinski definition) is 1. The second-order valence-corrected chi connectivity index (χ2v) is 4.42. The van der Waals surface area contributed by atoms with E-state index in [0.29, 0.717) is 12.3 Å². The average molecular weight is 243 g/mol. The molecule has 3 heteroatoms. The van der Waals surface area contributed by atoms with E-state index in [1.54, 1.807) is 7.11 Å². The molecule has 1 N–H and O–H groups in total. The molecule has 1 aromatic rings. The third-order valence-corrected chi connectivity index (χ3v) is 2.92. The van der Waals surface area contributed by atoms with Crippen molar-refractivity contribution in [1.29, 1.82) is 0 Å². The first-order valence-corrected chi connectivity index (χ1v) is 6.02. The molecule has 0 aliphatic rings. The van der Waals surface area contributed by atoms with Gasteiger partial charge in [0, 0.05) is 11.4 Å². The third-order valence-electron chi connectivity index (χ3n) is 2.66. The number of aliphatic hydroxyl groups excluding tert-OH is 1. The summed E-state index contributed by atoms with van der Waals surface area (Å²) in [6.45, 7) is 4.01. The van der Waals surface area contributed by atoms with E-state index in [-0.39, 0.29) is 0 Å². The zero-order chi connectivity index (χ0) is 12.1. The van der Waals surface area contributed by atoms with Gasteiger partial charge in [-0.25, -0.2) is 0 Å². The van der Waals surface area contributed by atoms with Gasteiger partial charge in [-0.15, -0.1) is 11.6 Å². The van der Waals surface area contributed by atoms with E-state index >= 15 is 0 Å². The molecule has 0 aromatic heterocycles. The molecule has 16 heavy (non-hydrogen) atoms. The highest BCUT2D eigenvalue weighted by Gasteiger charge is 2.16. The highest BCUT2D eigenvalue weighted by Crippen LogP contribution is 2.32. The molecule has 1 atom stereocenters. The van der Waals surface area contributed by atoms with Crippen LogP contribution in [0.1, 0.15) is 35.6 Å². The fourth-order valence-electron chi connectivity index (χ4n) is 1.95. The van der Waals surface area contributed by atoms with Crippen molar-refractivity contribution in [2.45, 2.75) is 32.8 Å². The number of alkyl halides is 1. The fraction of sp³-hybridized carbons (Fsp3) is 0.538. The Bertz CT molecular complexity index is 350. The molecule has 0 saturated carbocycles. The highest BCUT2D eigenvalue weighted by atomic mass is 35.5. The average Bonchev–Trinajstić information content (AvgIpc) is 2.24. The number of halogens is 1. The SMILES string of the molecule is COc1cc(C)cc(C)c1C(O)CCCCl. The topological polar surface area (TPSA) is 29.5 Å². The number of methoxy groups -OCH3 is 1. The number of rotatable bonds is 5. The predicted octanol–water partition coefficient (Wildman–Crippen LogP) is 3.36. The summed E-state index contributed by atoms with van der Waals surface area (Å²) in [5, 5.41) is 10.1. The van der Waals surface area contributed by atoms with Crippen LogP contribution in [0.2, 0.25) is 0 Å². The zero-order valence-corrected chi connectivity index (χ0v) is 10.8. The van der Waals surface area contributed by atoms with Gasteiger partial charge in [-0.2, -0.15) is 0 Å². The van der Waals surface area contributed by atoms with Crippen LogP contribution in [-0.2, 0) is 0 Å². The highest BCUT2D eigenvalue weighted by molar-refractivity contribution is 6.17. The molecule has 0 heterocycles. The lowest BCUT2D eigenvalue weighted by Gasteiger charge is -2.18. The molecule has 0 saturated heterocycles. The Labute approximate surface area is 102 Å². The van der Waals surface area contributed by atoms with E-state index in [0.717, 1.165) is 28.9 Å². The fourth-order valence-corrected chi connectivity index (χ4v) is 2.10. The third kappa shape index (κ3) is 3.13. The van der Waals surface area contributed by atoms with Crippen molar-refractivity contribution in [3.63, 3.8) is 0 Å². The molecule has 0 bridgehead atoms. The van der Waals surface area contributed by atoms with Gasteiger partial charge in [0.1, 0.15) is 5.75 Å². The van der Waals surface area contributed by atoms with Crippen molar-refractivity contribution in [3.05, 3.63) is 28.8 Å². The Hall–Kier alpha value is -0.730. The minimum atomic E-state index is -0.491. The van der Waals surface area contributed by atoms with Crippen LogP contribution < -0.4 is 4.74 Å². The smallest absolute Gasteiger partial charge is 0.125 e. The molecular weight excluding hydrogens is 224 g/mol. The van der Waals surface area contributed by atoms with Crippen molar-refractivity contribution >= 4 is 11.6 Å². The van der Waals surface area contributed by atoms with Crippen LogP contribution in [0.15, 0.2) is 12.1 Å². The van der Waals surface area contributed by atoms with Crippen LogP contribution in [0, 0.1) is 13.8 Å². The van der Waals surface area contributed by atoms with Gasteiger partial charge in [-0.1, -0.05) is 6.07 Å². The molecular formula is C13H19ClO2. The summed E-state index contributed by atoms with van der Waals surface area (Å²) in [4.78, 5) is 0. The van der Waals surface area contributed by atoms with E-state index in [1.165, 1.54) is 0 Å². The van der Waals surface area contributed by atoms with E-state index < -0.39 is 6.10 Å². The monoisotopic (exact) mass is 242 g/mol. The summed E-state index contributed by atoms with van der Waals surface area (Å²) < 4.78 is 5.32. The second-order valence-electron chi connectivity index (χ2n) is 4.04. The molecule has 1 aromatic carbocycles. The van der Waals surface area contributed by atoms with E-state index in [4.69, 9.17) is 16.3 Å². The first-order valence-electron chi connectivity index (χ1n) is 5.49. The number of hydrogen-bond acceptors (Lipinski definition) is 2. The van der Waals surface area contributed by atoms with E-state index in [1.807, 2.05) is 19.9 Å². The standard InChI is InChI=1S/C13H19ClO2/c1-9-7-10(2)13(12(8-9)16-3)11(15)5-4-6-14/h7-8,11,15H,4-6H2,1-3H3. The summed E-state index contributed by atoms with van der Waals surface area (Å²) in [6.07, 6.45) is 0.984. The van der Waals surface area contributed by atoms with Crippen molar-refractivity contribution in [3.8, 4) is 5.75 Å². The number of aryl methyl sites for hydroxylation is 2. The van der Waals surface area contributed by atoms with Gasteiger partial charge in [-0.3, -0.25) is 0 Å². The second kappa shape index (κ2) is 6.12. The van der Waals surface area contributed by atoms with Gasteiger partial charge < -0.3 is 9.84 Å². The Kier molecular flexibility index (Phi) is 5.10. The lowest BCUT2D eigenvalue weighted by Crippen LogP contribution is -2.04. The zero-order valence-electron chi connectivity index (χ0n) is 10.1. The van der Waals surface area contributed by atoms with Gasteiger partial charge in [0.2, 0.25) is 0 Å². The van der Waals surface area contributed by atoms with Crippen LogP contribution in [0.4, 0.5) is 0 Å². The Morgan fingerprint density at radius 1 is 1.38 bits per heavy atom. The molecule has 0 fully saturated rings. The van der Waals surface area contributed by atoms with E-state index in [2.05, 4.69) is 6.07 Å². The van der Waals surface area contributed by atoms with Crippen molar-refractivity contribution < 1.29 is 9.84 Å². The van der Waals surface area contributed by atoms with Gasteiger partial charge in [0.15, 0.2) is 0 Å². The predicted molar refractivity (Wildman–Crippen MR) is 67.4 cm³/mol. The summed E-state index contributed by atoms with van der Waals surface area (Å²) >= 11 is 5.63. The largest absolute Gasteiger partial charge is 0.496 e. The van der Waals surface area contributed by atoms with Crippen LogP contribution in [-0.4, -0.2) is 18.1 Å². The minimum Gasteiger partial charge on any atom is -0.496 e. The molecule has 1 rings (SSSR count). The Morgan fingerprint density at radius 3 is 2.62 bits per heavy atom. The maximum Gasteiger partial charge on any atom is 0.125 e. The molecule has 0 aliphatic heterocycles. The molecule has 0 amide bonds. The Morgan fingerprint density at radius 2 is 2.06 bits per heavy atom. The molecule has 90 valence electrons. The molecule has 2 nitrogen and oxygen atoms in total. The maximum absolute atomic E-state index is 10.1. The van der Waals surface area contributed by atoms with Crippen LogP contribution >= 0.6 is 11.6 Å². The van der Waals surface area contributed by atoms with E-state index in [9.17, 15) is 5.11 Å². The summed E-state index contributed by atoms with van der Waals surface area (Å²) in [5.41, 5.74) is 3.10. The summed E-state index contributed by atoms with van der Waals surface area (Å²) in [7, 11) is 1.63. The van der Waals surface area contributed by atoms with Gasteiger partial charge in [-0.05, 0) is 43.9 Å². The lowest BCUT2D eigenvalue weighted by atomic mass is 9.97. The number of ether oxygens (including phenoxy) is 1. The normalized spacial score (nSPS) is 12.6. The van der Waals surface area contributed by atoms with Crippen molar-refractivity contribution in [1.82, 2.24) is 0 Å². The first-order chi connectivity index (χ1) is 7.60. The van der Waals surface area contributed by atoms with Gasteiger partial charge >= 0.3 is 0 Å². The lowest BCUT2D eigenvalue weighted by molar-refractivity contribution is 0.162. The quantitative estimate of drug-likeness (QED) is 0.803. The van der Waals surface area contributed by atoms with Crippen LogP contribution in [0.3, 0.4) is 0 Å². The first kappa shape index (κ1) is 13.3. The van der Waals surface area contributed by atoms with Crippen molar-refractivity contribution in [2.24, 2.45) is 0 Å². The van der Waals surface area contributed by atoms with Crippen LogP contribution in [0.5, 0.6) is 5.75 Å². The summed E-state index contributed by atoms with van der Waals surface area (Å²) in [6, 6.07) is 4.01. The van der Waals surface area contributed by atoms with Gasteiger partial charge in [0.05, 0.1) is 13.2 Å². The number of benzene rings is 1. The van der Waals surface area contributed by atoms with Gasteiger partial charge in [0.25, 0.3) is 0 Å². The molecule has 0 radical (unpaired) electrons. The molecule has 0 aliphatic carbocycles. The molecule has 0 spiro atoms. The van der Waals surface area contributed by atoms with Crippen molar-refractivity contribution in [2.75, 3.05) is 13.0 Å².